The lowest BCUT2D eigenvalue weighted by Crippen LogP contribution is -1.99. The van der Waals surface area contributed by atoms with Crippen molar-refractivity contribution in [2.24, 2.45) is 11.8 Å². The van der Waals surface area contributed by atoms with Crippen LogP contribution in [-0.4, -0.2) is 0 Å². The van der Waals surface area contributed by atoms with E-state index in [4.69, 9.17) is 0 Å². The van der Waals surface area contributed by atoms with Crippen LogP contribution in [0.25, 0.3) is 0 Å². The third-order valence-corrected chi connectivity index (χ3v) is 4.53. The van der Waals surface area contributed by atoms with Crippen LogP contribution in [0.15, 0.2) is 18.2 Å². The van der Waals surface area contributed by atoms with E-state index in [-0.39, 0.29) is 0 Å². The first kappa shape index (κ1) is 12.1. The van der Waals surface area contributed by atoms with Gasteiger partial charge in [-0.1, -0.05) is 37.8 Å². The molecule has 0 bridgehead atoms. The summed E-state index contributed by atoms with van der Waals surface area (Å²) in [6.07, 6.45) is 3.60. The molecule has 3 rings (SSSR count). The summed E-state index contributed by atoms with van der Waals surface area (Å²) < 4.78 is 38.4. The Morgan fingerprint density at radius 2 is 1.83 bits per heavy atom. The maximum absolute atomic E-state index is 13.5. The monoisotopic (exact) mass is 254 g/mol. The Bertz CT molecular complexity index is 435. The van der Waals surface area contributed by atoms with Gasteiger partial charge in [-0.2, -0.15) is 0 Å². The molecule has 2 unspecified atom stereocenters. The van der Waals surface area contributed by atoms with E-state index in [0.29, 0.717) is 11.8 Å². The van der Waals surface area contributed by atoms with Gasteiger partial charge in [-0.05, 0) is 35.8 Å². The molecule has 3 heteroatoms. The molecule has 0 aliphatic heterocycles. The summed E-state index contributed by atoms with van der Waals surface area (Å²) in [5.41, 5.74) is 0.436. The van der Waals surface area contributed by atoms with Gasteiger partial charge >= 0.3 is 0 Å². The van der Waals surface area contributed by atoms with Crippen LogP contribution < -0.4 is 0 Å². The van der Waals surface area contributed by atoms with Crippen molar-refractivity contribution in [3.05, 3.63) is 35.1 Å². The van der Waals surface area contributed by atoms with Crippen LogP contribution in [0.3, 0.4) is 0 Å². The van der Waals surface area contributed by atoms with Crippen molar-refractivity contribution in [1.82, 2.24) is 0 Å². The highest BCUT2D eigenvalue weighted by Crippen LogP contribution is 2.56. The van der Waals surface area contributed by atoms with E-state index in [1.807, 2.05) is 0 Å². The van der Waals surface area contributed by atoms with Crippen molar-refractivity contribution in [3.63, 3.8) is 0 Å². The van der Waals surface area contributed by atoms with Gasteiger partial charge in [-0.3, -0.25) is 0 Å². The fourth-order valence-corrected chi connectivity index (χ4v) is 3.46. The number of benzene rings is 1. The summed E-state index contributed by atoms with van der Waals surface area (Å²) in [5, 5.41) is 0. The molecule has 2 aliphatic carbocycles. The molecular weight excluding hydrogens is 237 g/mol. The standard InChI is InChI=1S/C15H17F3/c16-14-7-10(5-6-11(14)15(17)18)13-8-12(13)9-3-1-2-4-9/h5-7,9,12-13,15H,1-4,8H2. The molecule has 2 aliphatic rings. The van der Waals surface area contributed by atoms with E-state index < -0.39 is 17.8 Å². The largest absolute Gasteiger partial charge is 0.266 e. The van der Waals surface area contributed by atoms with E-state index in [0.717, 1.165) is 17.9 Å². The molecule has 0 amide bonds. The molecule has 18 heavy (non-hydrogen) atoms. The lowest BCUT2D eigenvalue weighted by atomic mass is 9.97. The molecule has 0 N–H and O–H groups in total. The SMILES string of the molecule is Fc1cc(C2CC2C2CCCC2)ccc1C(F)F. The summed E-state index contributed by atoms with van der Waals surface area (Å²) >= 11 is 0. The Morgan fingerprint density at radius 3 is 2.44 bits per heavy atom. The summed E-state index contributed by atoms with van der Waals surface area (Å²) in [6, 6.07) is 4.25. The quantitative estimate of drug-likeness (QED) is 0.707. The van der Waals surface area contributed by atoms with Gasteiger partial charge in [0.2, 0.25) is 0 Å². The van der Waals surface area contributed by atoms with Gasteiger partial charge in [-0.25, -0.2) is 13.2 Å². The maximum Gasteiger partial charge on any atom is 0.266 e. The summed E-state index contributed by atoms with van der Waals surface area (Å²) in [5.74, 6) is 1.12. The van der Waals surface area contributed by atoms with Crippen LogP contribution in [0.2, 0.25) is 0 Å². The molecule has 0 heterocycles. The van der Waals surface area contributed by atoms with Crippen molar-refractivity contribution < 1.29 is 13.2 Å². The minimum absolute atomic E-state index is 0.411. The van der Waals surface area contributed by atoms with E-state index in [1.54, 1.807) is 6.07 Å². The van der Waals surface area contributed by atoms with Crippen LogP contribution >= 0.6 is 0 Å². The third kappa shape index (κ3) is 2.15. The number of alkyl halides is 2. The van der Waals surface area contributed by atoms with Gasteiger partial charge in [0.1, 0.15) is 5.82 Å². The summed E-state index contributed by atoms with van der Waals surface area (Å²) in [4.78, 5) is 0. The second-order valence-electron chi connectivity index (χ2n) is 5.63. The zero-order valence-corrected chi connectivity index (χ0v) is 10.2. The Kier molecular flexibility index (Phi) is 3.08. The Balaban J connectivity index is 1.72. The Labute approximate surface area is 105 Å². The molecule has 0 saturated heterocycles. The highest BCUT2D eigenvalue weighted by molar-refractivity contribution is 5.31. The highest BCUT2D eigenvalue weighted by atomic mass is 19.3. The van der Waals surface area contributed by atoms with Crippen molar-refractivity contribution in [1.29, 1.82) is 0 Å². The van der Waals surface area contributed by atoms with Crippen LogP contribution in [0, 0.1) is 17.7 Å². The van der Waals surface area contributed by atoms with Gasteiger partial charge in [0, 0.05) is 0 Å². The van der Waals surface area contributed by atoms with E-state index >= 15 is 0 Å². The van der Waals surface area contributed by atoms with Crippen molar-refractivity contribution in [3.8, 4) is 0 Å². The van der Waals surface area contributed by atoms with Crippen LogP contribution in [0.1, 0.15) is 55.6 Å². The lowest BCUT2D eigenvalue weighted by Gasteiger charge is -2.09. The zero-order valence-electron chi connectivity index (χ0n) is 10.2. The molecule has 0 nitrogen and oxygen atoms in total. The molecule has 0 spiro atoms. The van der Waals surface area contributed by atoms with Crippen molar-refractivity contribution >= 4 is 0 Å². The normalized spacial score (nSPS) is 28.0. The van der Waals surface area contributed by atoms with Gasteiger partial charge in [-0.15, -0.1) is 0 Å². The smallest absolute Gasteiger partial charge is 0.206 e. The topological polar surface area (TPSA) is 0 Å². The molecule has 0 aromatic heterocycles. The van der Waals surface area contributed by atoms with Gasteiger partial charge < -0.3 is 0 Å². The minimum atomic E-state index is -2.72. The number of hydrogen-bond acceptors (Lipinski definition) is 0. The first-order valence-corrected chi connectivity index (χ1v) is 6.74. The first-order valence-electron chi connectivity index (χ1n) is 6.74. The molecule has 2 saturated carbocycles. The van der Waals surface area contributed by atoms with Crippen LogP contribution in [0.4, 0.5) is 13.2 Å². The highest BCUT2D eigenvalue weighted by Gasteiger charge is 2.44. The van der Waals surface area contributed by atoms with Gasteiger partial charge in [0.15, 0.2) is 0 Å². The Hall–Kier alpha value is -0.990. The average molecular weight is 254 g/mol. The van der Waals surface area contributed by atoms with E-state index in [9.17, 15) is 13.2 Å². The lowest BCUT2D eigenvalue weighted by molar-refractivity contribution is 0.146. The molecule has 1 aromatic rings. The Morgan fingerprint density at radius 1 is 1.11 bits per heavy atom. The zero-order chi connectivity index (χ0) is 12.7. The van der Waals surface area contributed by atoms with Crippen LogP contribution in [0.5, 0.6) is 0 Å². The molecule has 1 aromatic carbocycles. The second kappa shape index (κ2) is 4.60. The summed E-state index contributed by atoms with van der Waals surface area (Å²) in [7, 11) is 0. The van der Waals surface area contributed by atoms with E-state index in [2.05, 4.69) is 0 Å². The van der Waals surface area contributed by atoms with Crippen LogP contribution in [-0.2, 0) is 0 Å². The molecule has 2 atom stereocenters. The third-order valence-electron chi connectivity index (χ3n) is 4.53. The second-order valence-corrected chi connectivity index (χ2v) is 5.63. The number of hydrogen-bond donors (Lipinski definition) is 0. The van der Waals surface area contributed by atoms with Gasteiger partial charge in [0.05, 0.1) is 5.56 Å². The molecule has 0 radical (unpaired) electrons. The minimum Gasteiger partial charge on any atom is -0.206 e. The average Bonchev–Trinajstić information content (AvgIpc) is 2.95. The molecular formula is C15H17F3. The van der Waals surface area contributed by atoms with Crippen molar-refractivity contribution in [2.75, 3.05) is 0 Å². The predicted octanol–water partition coefficient (Wildman–Crippen LogP) is 5.06. The molecule has 98 valence electrons. The van der Waals surface area contributed by atoms with Gasteiger partial charge in [0.25, 0.3) is 6.43 Å². The predicted molar refractivity (Wildman–Crippen MR) is 64.2 cm³/mol. The number of rotatable bonds is 3. The fraction of sp³-hybridized carbons (Fsp3) is 0.600. The van der Waals surface area contributed by atoms with Crippen molar-refractivity contribution in [2.45, 2.75) is 44.4 Å². The maximum atomic E-state index is 13.5. The van der Waals surface area contributed by atoms with E-state index in [1.165, 1.54) is 37.8 Å². The number of halogens is 3. The molecule has 2 fully saturated rings. The summed E-state index contributed by atoms with van der Waals surface area (Å²) in [6.45, 7) is 0. The fourth-order valence-electron chi connectivity index (χ4n) is 3.46. The first-order chi connectivity index (χ1) is 8.66.